The second-order valence-corrected chi connectivity index (χ2v) is 7.88. The monoisotopic (exact) mass is 467 g/mol. The van der Waals surface area contributed by atoms with E-state index in [1.54, 1.807) is 18.3 Å². The summed E-state index contributed by atoms with van der Waals surface area (Å²) >= 11 is 0. The van der Waals surface area contributed by atoms with Crippen molar-refractivity contribution in [1.29, 1.82) is 0 Å². The van der Waals surface area contributed by atoms with Crippen molar-refractivity contribution in [2.75, 3.05) is 31.6 Å². The number of rotatable bonds is 3. The highest BCUT2D eigenvalue weighted by atomic mass is 16.5. The van der Waals surface area contributed by atoms with Crippen molar-refractivity contribution in [3.63, 3.8) is 0 Å². The Bertz CT molecular complexity index is 1460. The lowest BCUT2D eigenvalue weighted by molar-refractivity contribution is 0.0303. The average molecular weight is 467 g/mol. The smallest absolute Gasteiger partial charge is 0.410 e. The molecule has 0 radical (unpaired) electrons. The molecule has 174 valence electrons. The summed E-state index contributed by atoms with van der Waals surface area (Å²) in [4.78, 5) is 33.7. The van der Waals surface area contributed by atoms with Crippen molar-refractivity contribution in [3.8, 4) is 23.0 Å². The van der Waals surface area contributed by atoms with Gasteiger partial charge in [0.1, 0.15) is 17.2 Å². The first-order valence-electron chi connectivity index (χ1n) is 11.0. The molecular weight excluding hydrogens is 446 g/mol. The SMILES string of the molecule is O=C(O)Nc1cc(C#Cc2cnc3ccc(-c4ccc(C(=O)N5CCOCC5)cc4)cn23)ccn1. The van der Waals surface area contributed by atoms with E-state index in [1.165, 1.54) is 6.20 Å². The van der Waals surface area contributed by atoms with Gasteiger partial charge in [0.05, 0.1) is 19.4 Å². The minimum Gasteiger partial charge on any atom is -0.465 e. The summed E-state index contributed by atoms with van der Waals surface area (Å²) in [6.07, 6.45) is 3.95. The molecule has 2 N–H and O–H groups in total. The molecule has 0 unspecified atom stereocenters. The van der Waals surface area contributed by atoms with Gasteiger partial charge in [-0.1, -0.05) is 18.1 Å². The number of benzene rings is 1. The molecule has 4 aromatic rings. The van der Waals surface area contributed by atoms with Crippen LogP contribution in [0.1, 0.15) is 21.6 Å². The zero-order chi connectivity index (χ0) is 24.2. The summed E-state index contributed by atoms with van der Waals surface area (Å²) < 4.78 is 7.22. The number of aromatic nitrogens is 3. The predicted molar refractivity (Wildman–Crippen MR) is 129 cm³/mol. The number of nitrogens with zero attached hydrogens (tertiary/aromatic N) is 4. The van der Waals surface area contributed by atoms with Gasteiger partial charge in [-0.3, -0.25) is 14.5 Å². The predicted octanol–water partition coefficient (Wildman–Crippen LogP) is 3.36. The minimum atomic E-state index is -1.18. The van der Waals surface area contributed by atoms with E-state index in [4.69, 9.17) is 9.84 Å². The summed E-state index contributed by atoms with van der Waals surface area (Å²) in [5.41, 5.74) is 4.64. The van der Waals surface area contributed by atoms with Crippen LogP contribution < -0.4 is 5.32 Å². The lowest BCUT2D eigenvalue weighted by Crippen LogP contribution is -2.40. The average Bonchev–Trinajstić information content (AvgIpc) is 3.30. The molecule has 2 amide bonds. The summed E-state index contributed by atoms with van der Waals surface area (Å²) in [6.45, 7) is 2.36. The molecule has 1 saturated heterocycles. The molecule has 1 aliphatic heterocycles. The van der Waals surface area contributed by atoms with Gasteiger partial charge < -0.3 is 14.7 Å². The maximum Gasteiger partial charge on any atom is 0.410 e. The first kappa shape index (κ1) is 22.1. The summed E-state index contributed by atoms with van der Waals surface area (Å²) in [6, 6.07) is 14.7. The topological polar surface area (TPSA) is 109 Å². The number of morpholine rings is 1. The van der Waals surface area contributed by atoms with E-state index in [2.05, 4.69) is 27.1 Å². The fourth-order valence-electron chi connectivity index (χ4n) is 3.82. The molecule has 9 nitrogen and oxygen atoms in total. The molecule has 5 rings (SSSR count). The Morgan fingerprint density at radius 2 is 1.74 bits per heavy atom. The number of carboxylic acid groups (broad SMARTS) is 1. The Balaban J connectivity index is 1.39. The number of fused-ring (bicyclic) bond motifs is 1. The van der Waals surface area contributed by atoms with Gasteiger partial charge in [-0.2, -0.15) is 0 Å². The molecule has 1 fully saturated rings. The number of hydrogen-bond acceptors (Lipinski definition) is 5. The van der Waals surface area contributed by atoms with Gasteiger partial charge in [-0.15, -0.1) is 0 Å². The van der Waals surface area contributed by atoms with E-state index >= 15 is 0 Å². The van der Waals surface area contributed by atoms with Crippen molar-refractivity contribution in [1.82, 2.24) is 19.3 Å². The van der Waals surface area contributed by atoms with E-state index in [-0.39, 0.29) is 11.7 Å². The van der Waals surface area contributed by atoms with Crippen molar-refractivity contribution in [3.05, 3.63) is 83.9 Å². The van der Waals surface area contributed by atoms with Crippen molar-refractivity contribution in [2.45, 2.75) is 0 Å². The highest BCUT2D eigenvalue weighted by molar-refractivity contribution is 5.94. The van der Waals surface area contributed by atoms with Gasteiger partial charge in [0.2, 0.25) is 0 Å². The largest absolute Gasteiger partial charge is 0.465 e. The van der Waals surface area contributed by atoms with Gasteiger partial charge in [0, 0.05) is 36.6 Å². The molecule has 9 heteroatoms. The third-order valence-corrected chi connectivity index (χ3v) is 5.60. The molecular formula is C26H21N5O4. The molecule has 0 aliphatic carbocycles. The molecule has 0 saturated carbocycles. The highest BCUT2D eigenvalue weighted by Crippen LogP contribution is 2.22. The van der Waals surface area contributed by atoms with Crippen LogP contribution in [0.3, 0.4) is 0 Å². The van der Waals surface area contributed by atoms with Gasteiger partial charge in [0.15, 0.2) is 0 Å². The second kappa shape index (κ2) is 9.67. The van der Waals surface area contributed by atoms with Crippen LogP contribution in [0.25, 0.3) is 16.8 Å². The number of amides is 2. The third-order valence-electron chi connectivity index (χ3n) is 5.60. The maximum atomic E-state index is 12.7. The number of anilines is 1. The number of hydrogen-bond donors (Lipinski definition) is 2. The van der Waals surface area contributed by atoms with E-state index in [0.717, 1.165) is 16.8 Å². The van der Waals surface area contributed by atoms with Crippen LogP contribution in [-0.2, 0) is 4.74 Å². The van der Waals surface area contributed by atoms with Gasteiger partial charge >= 0.3 is 6.09 Å². The number of imidazole rings is 1. The Morgan fingerprint density at radius 1 is 0.971 bits per heavy atom. The van der Waals surface area contributed by atoms with Gasteiger partial charge in [-0.25, -0.2) is 14.8 Å². The number of nitrogens with one attached hydrogen (secondary N) is 1. The lowest BCUT2D eigenvalue weighted by atomic mass is 10.0. The fourth-order valence-corrected chi connectivity index (χ4v) is 3.82. The molecule has 4 heterocycles. The van der Waals surface area contributed by atoms with Crippen LogP contribution >= 0.6 is 0 Å². The van der Waals surface area contributed by atoms with E-state index in [0.29, 0.717) is 43.1 Å². The zero-order valence-corrected chi connectivity index (χ0v) is 18.6. The first-order valence-corrected chi connectivity index (χ1v) is 11.0. The van der Waals surface area contributed by atoms with E-state index in [9.17, 15) is 9.59 Å². The summed E-state index contributed by atoms with van der Waals surface area (Å²) in [5, 5.41) is 11.1. The Morgan fingerprint density at radius 3 is 2.51 bits per heavy atom. The van der Waals surface area contributed by atoms with Crippen LogP contribution in [0.4, 0.5) is 10.6 Å². The molecule has 1 aliphatic rings. The van der Waals surface area contributed by atoms with Crippen molar-refractivity contribution in [2.24, 2.45) is 0 Å². The summed E-state index contributed by atoms with van der Waals surface area (Å²) in [7, 11) is 0. The molecule has 35 heavy (non-hydrogen) atoms. The van der Waals surface area contributed by atoms with Crippen molar-refractivity contribution >= 4 is 23.5 Å². The normalized spacial score (nSPS) is 13.2. The molecule has 0 atom stereocenters. The number of pyridine rings is 2. The van der Waals surface area contributed by atoms with Crippen LogP contribution in [0.15, 0.2) is 67.1 Å². The molecule has 3 aromatic heterocycles. The van der Waals surface area contributed by atoms with Crippen LogP contribution in [0.5, 0.6) is 0 Å². The quantitative estimate of drug-likeness (QED) is 0.447. The summed E-state index contributed by atoms with van der Waals surface area (Å²) in [5.74, 6) is 6.34. The second-order valence-electron chi connectivity index (χ2n) is 7.88. The molecule has 0 spiro atoms. The lowest BCUT2D eigenvalue weighted by Gasteiger charge is -2.26. The van der Waals surface area contributed by atoms with E-state index in [1.807, 2.05) is 51.9 Å². The fraction of sp³-hybridized carbons (Fsp3) is 0.154. The van der Waals surface area contributed by atoms with Gasteiger partial charge in [0.25, 0.3) is 5.91 Å². The first-order chi connectivity index (χ1) is 17.1. The van der Waals surface area contributed by atoms with Gasteiger partial charge in [-0.05, 0) is 53.4 Å². The number of carbonyl (C=O) groups is 2. The Kier molecular flexibility index (Phi) is 6.11. The standard InChI is InChI=1S/C26H21N5O4/c32-25(30-11-13-35-14-12-30)20-4-2-19(3-5-20)21-6-8-24-28-16-22(31(24)17-21)7-1-18-9-10-27-23(15-18)29-26(33)34/h2-6,8-10,15-17H,11-14H2,(H,27,29)(H,33,34). The van der Waals surface area contributed by atoms with Crippen molar-refractivity contribution < 1.29 is 19.4 Å². The third kappa shape index (κ3) is 4.98. The highest BCUT2D eigenvalue weighted by Gasteiger charge is 2.18. The van der Waals surface area contributed by atoms with Crippen LogP contribution in [0, 0.1) is 11.8 Å². The minimum absolute atomic E-state index is 0.0142. The molecule has 0 bridgehead atoms. The van der Waals surface area contributed by atoms with E-state index < -0.39 is 6.09 Å². The Labute approximate surface area is 201 Å². The van der Waals surface area contributed by atoms with Crippen LogP contribution in [0.2, 0.25) is 0 Å². The number of ether oxygens (including phenoxy) is 1. The zero-order valence-electron chi connectivity index (χ0n) is 18.6. The maximum absolute atomic E-state index is 12.7. The molecule has 1 aromatic carbocycles. The Hall–Kier alpha value is -4.68. The van der Waals surface area contributed by atoms with Crippen LogP contribution in [-0.4, -0.2) is 62.7 Å². The number of carbonyl (C=O) groups excluding carboxylic acids is 1.